The first-order valence-electron chi connectivity index (χ1n) is 9.82. The summed E-state index contributed by atoms with van der Waals surface area (Å²) in [6, 6.07) is 15.0. The fraction of sp³-hybridized carbons (Fsp3) is 0.409. The number of rotatable bonds is 4. The number of nitrogens with one attached hydrogen (secondary N) is 2. The van der Waals surface area contributed by atoms with Gasteiger partial charge >= 0.3 is 6.03 Å². The van der Waals surface area contributed by atoms with Gasteiger partial charge in [-0.15, -0.1) is 0 Å². The summed E-state index contributed by atoms with van der Waals surface area (Å²) in [5.41, 5.74) is 3.64. The second-order valence-corrected chi connectivity index (χ2v) is 7.58. The lowest BCUT2D eigenvalue weighted by atomic mass is 9.88. The molecular formula is C22H26FN3O. The second kappa shape index (κ2) is 7.99. The van der Waals surface area contributed by atoms with Crippen molar-refractivity contribution in [3.05, 3.63) is 65.5 Å². The lowest BCUT2D eigenvalue weighted by Crippen LogP contribution is -2.41. The highest BCUT2D eigenvalue weighted by atomic mass is 19.1. The maximum Gasteiger partial charge on any atom is 0.315 e. The maximum atomic E-state index is 13.1. The van der Waals surface area contributed by atoms with Gasteiger partial charge in [-0.05, 0) is 67.0 Å². The summed E-state index contributed by atoms with van der Waals surface area (Å²) in [4.78, 5) is 14.6. The van der Waals surface area contributed by atoms with Gasteiger partial charge < -0.3 is 15.5 Å². The topological polar surface area (TPSA) is 44.4 Å². The van der Waals surface area contributed by atoms with E-state index >= 15 is 0 Å². The molecule has 2 aromatic carbocycles. The van der Waals surface area contributed by atoms with Gasteiger partial charge in [-0.25, -0.2) is 9.18 Å². The first-order chi connectivity index (χ1) is 13.2. The van der Waals surface area contributed by atoms with Crippen molar-refractivity contribution in [3.8, 4) is 0 Å². The highest BCUT2D eigenvalue weighted by Gasteiger charge is 2.25. The van der Waals surface area contributed by atoms with E-state index in [0.29, 0.717) is 12.5 Å². The number of aryl methyl sites for hydroxylation is 1. The molecule has 1 aliphatic carbocycles. The van der Waals surface area contributed by atoms with Crippen LogP contribution in [0.5, 0.6) is 0 Å². The number of carbonyl (C=O) groups is 1. The van der Waals surface area contributed by atoms with Crippen molar-refractivity contribution in [1.29, 1.82) is 0 Å². The lowest BCUT2D eigenvalue weighted by Gasteiger charge is -2.26. The molecule has 142 valence electrons. The Balaban J connectivity index is 1.26. The maximum absolute atomic E-state index is 13.1. The average Bonchev–Trinajstić information content (AvgIpc) is 3.16. The number of halogens is 1. The molecule has 0 aromatic heterocycles. The molecule has 0 radical (unpaired) electrons. The number of carbonyl (C=O) groups excluding carboxylic acids is 1. The molecule has 1 aliphatic heterocycles. The van der Waals surface area contributed by atoms with Crippen LogP contribution in [0.3, 0.4) is 0 Å². The molecule has 2 amide bonds. The van der Waals surface area contributed by atoms with Gasteiger partial charge in [0.1, 0.15) is 5.82 Å². The summed E-state index contributed by atoms with van der Waals surface area (Å²) < 4.78 is 13.1. The minimum atomic E-state index is -0.211. The third-order valence-corrected chi connectivity index (χ3v) is 5.70. The van der Waals surface area contributed by atoms with Crippen LogP contribution in [0.2, 0.25) is 0 Å². The van der Waals surface area contributed by atoms with Crippen LogP contribution in [0.25, 0.3) is 0 Å². The van der Waals surface area contributed by atoms with E-state index in [0.717, 1.165) is 44.5 Å². The zero-order chi connectivity index (χ0) is 18.6. The molecular weight excluding hydrogens is 341 g/mol. The van der Waals surface area contributed by atoms with Gasteiger partial charge in [-0.3, -0.25) is 0 Å². The number of amides is 2. The van der Waals surface area contributed by atoms with Gasteiger partial charge in [-0.1, -0.05) is 24.3 Å². The summed E-state index contributed by atoms with van der Waals surface area (Å²) in [6.45, 7) is 2.49. The predicted molar refractivity (Wildman–Crippen MR) is 105 cm³/mol. The average molecular weight is 367 g/mol. The first-order valence-corrected chi connectivity index (χ1v) is 9.82. The van der Waals surface area contributed by atoms with E-state index in [1.165, 1.54) is 23.3 Å². The SMILES string of the molecule is O=C(NCC1CCN(c2ccc(F)cc2)C1)NC1CCCc2ccccc21. The van der Waals surface area contributed by atoms with Crippen molar-refractivity contribution in [1.82, 2.24) is 10.6 Å². The number of benzene rings is 2. The van der Waals surface area contributed by atoms with E-state index < -0.39 is 0 Å². The van der Waals surface area contributed by atoms with Crippen LogP contribution in [0, 0.1) is 11.7 Å². The molecule has 0 spiro atoms. The van der Waals surface area contributed by atoms with Crippen LogP contribution in [-0.2, 0) is 6.42 Å². The van der Waals surface area contributed by atoms with Crippen LogP contribution >= 0.6 is 0 Å². The van der Waals surface area contributed by atoms with Crippen LogP contribution in [0.1, 0.15) is 36.4 Å². The van der Waals surface area contributed by atoms with E-state index in [1.807, 2.05) is 18.2 Å². The van der Waals surface area contributed by atoms with Crippen molar-refractivity contribution in [2.75, 3.05) is 24.5 Å². The number of hydrogen-bond donors (Lipinski definition) is 2. The van der Waals surface area contributed by atoms with E-state index in [2.05, 4.69) is 33.7 Å². The van der Waals surface area contributed by atoms with Crippen LogP contribution in [0.4, 0.5) is 14.9 Å². The predicted octanol–water partition coefficient (Wildman–Crippen LogP) is 4.03. The Morgan fingerprint density at radius 2 is 1.93 bits per heavy atom. The van der Waals surface area contributed by atoms with Crippen LogP contribution < -0.4 is 15.5 Å². The monoisotopic (exact) mass is 367 g/mol. The van der Waals surface area contributed by atoms with Crippen molar-refractivity contribution in [2.24, 2.45) is 5.92 Å². The molecule has 4 rings (SSSR count). The quantitative estimate of drug-likeness (QED) is 0.857. The van der Waals surface area contributed by atoms with Crippen molar-refractivity contribution in [3.63, 3.8) is 0 Å². The molecule has 5 heteroatoms. The van der Waals surface area contributed by atoms with Gasteiger partial charge in [0.15, 0.2) is 0 Å². The summed E-state index contributed by atoms with van der Waals surface area (Å²) in [7, 11) is 0. The molecule has 1 saturated heterocycles. The highest BCUT2D eigenvalue weighted by Crippen LogP contribution is 2.29. The smallest absolute Gasteiger partial charge is 0.315 e. The standard InChI is InChI=1S/C22H26FN3O/c23-18-8-10-19(11-9-18)26-13-12-16(15-26)14-24-22(27)25-21-7-3-5-17-4-1-2-6-20(17)21/h1-2,4,6,8-11,16,21H,3,5,7,12-15H2,(H2,24,25,27). The summed E-state index contributed by atoms with van der Waals surface area (Å²) in [5.74, 6) is 0.205. The van der Waals surface area contributed by atoms with E-state index in [-0.39, 0.29) is 17.9 Å². The molecule has 4 nitrogen and oxygen atoms in total. The normalized spacial score (nSPS) is 21.6. The molecule has 2 aromatic rings. The fourth-order valence-corrected chi connectivity index (χ4v) is 4.24. The largest absolute Gasteiger partial charge is 0.371 e. The van der Waals surface area contributed by atoms with Gasteiger partial charge in [0, 0.05) is 25.3 Å². The third-order valence-electron chi connectivity index (χ3n) is 5.70. The summed E-state index contributed by atoms with van der Waals surface area (Å²) in [6.07, 6.45) is 4.23. The minimum Gasteiger partial charge on any atom is -0.371 e. The van der Waals surface area contributed by atoms with Crippen molar-refractivity contribution >= 4 is 11.7 Å². The number of nitrogens with zero attached hydrogens (tertiary/aromatic N) is 1. The van der Waals surface area contributed by atoms with Gasteiger partial charge in [0.25, 0.3) is 0 Å². The van der Waals surface area contributed by atoms with Gasteiger partial charge in [0.05, 0.1) is 6.04 Å². The Hall–Kier alpha value is -2.56. The molecule has 0 bridgehead atoms. The Bertz CT molecular complexity index is 792. The Morgan fingerprint density at radius 1 is 1.11 bits per heavy atom. The van der Waals surface area contributed by atoms with Crippen LogP contribution in [0.15, 0.2) is 48.5 Å². The van der Waals surface area contributed by atoms with Crippen LogP contribution in [-0.4, -0.2) is 25.7 Å². The molecule has 2 unspecified atom stereocenters. The zero-order valence-corrected chi connectivity index (χ0v) is 15.5. The molecule has 1 fully saturated rings. The van der Waals surface area contributed by atoms with E-state index in [1.54, 1.807) is 0 Å². The molecule has 2 aliphatic rings. The second-order valence-electron chi connectivity index (χ2n) is 7.58. The molecule has 27 heavy (non-hydrogen) atoms. The molecule has 1 heterocycles. The number of anilines is 1. The van der Waals surface area contributed by atoms with E-state index in [4.69, 9.17) is 0 Å². The zero-order valence-electron chi connectivity index (χ0n) is 15.5. The minimum absolute atomic E-state index is 0.0862. The first kappa shape index (κ1) is 17.8. The fourth-order valence-electron chi connectivity index (χ4n) is 4.24. The Kier molecular flexibility index (Phi) is 5.28. The number of fused-ring (bicyclic) bond motifs is 1. The van der Waals surface area contributed by atoms with Gasteiger partial charge in [-0.2, -0.15) is 0 Å². The highest BCUT2D eigenvalue weighted by molar-refractivity contribution is 5.74. The summed E-state index contributed by atoms with van der Waals surface area (Å²) in [5, 5.41) is 6.19. The molecule has 0 saturated carbocycles. The van der Waals surface area contributed by atoms with E-state index in [9.17, 15) is 9.18 Å². The Morgan fingerprint density at radius 3 is 2.78 bits per heavy atom. The number of hydrogen-bond acceptors (Lipinski definition) is 2. The number of urea groups is 1. The van der Waals surface area contributed by atoms with Gasteiger partial charge in [0.2, 0.25) is 0 Å². The third kappa shape index (κ3) is 4.24. The molecule has 2 atom stereocenters. The van der Waals surface area contributed by atoms with Crippen molar-refractivity contribution in [2.45, 2.75) is 31.7 Å². The summed E-state index contributed by atoms with van der Waals surface area (Å²) >= 11 is 0. The van der Waals surface area contributed by atoms with Crippen molar-refractivity contribution < 1.29 is 9.18 Å². The lowest BCUT2D eigenvalue weighted by molar-refractivity contribution is 0.234. The Labute approximate surface area is 159 Å². The molecule has 2 N–H and O–H groups in total.